The second-order valence-electron chi connectivity index (χ2n) is 7.49. The molecule has 0 saturated heterocycles. The highest BCUT2D eigenvalue weighted by molar-refractivity contribution is 7.14. The summed E-state index contributed by atoms with van der Waals surface area (Å²) in [5, 5.41) is 5.49. The van der Waals surface area contributed by atoms with Crippen molar-refractivity contribution in [3.63, 3.8) is 0 Å². The third-order valence-corrected chi connectivity index (χ3v) is 6.19. The molecule has 3 aromatic rings. The Morgan fingerprint density at radius 3 is 2.53 bits per heavy atom. The molecule has 4 rings (SSSR count). The third-order valence-electron chi connectivity index (χ3n) is 5.38. The minimum absolute atomic E-state index is 0.179. The van der Waals surface area contributed by atoms with Gasteiger partial charge in [0, 0.05) is 30.6 Å². The summed E-state index contributed by atoms with van der Waals surface area (Å²) in [6.07, 6.45) is 0.946. The fraction of sp³-hybridized carbons (Fsp3) is 0.333. The van der Waals surface area contributed by atoms with Gasteiger partial charge in [-0.2, -0.15) is 0 Å². The number of nitrogens with zero attached hydrogens (tertiary/aromatic N) is 2. The van der Waals surface area contributed by atoms with Gasteiger partial charge in [-0.15, -0.1) is 11.3 Å². The van der Waals surface area contributed by atoms with Crippen molar-refractivity contribution < 1.29 is 19.0 Å². The first-order valence-electron chi connectivity index (χ1n) is 10.5. The number of benzene rings is 2. The van der Waals surface area contributed by atoms with Gasteiger partial charge in [-0.1, -0.05) is 0 Å². The predicted molar refractivity (Wildman–Crippen MR) is 125 cm³/mol. The molecule has 0 fully saturated rings. The van der Waals surface area contributed by atoms with Gasteiger partial charge in [-0.3, -0.25) is 15.0 Å². The maximum absolute atomic E-state index is 12.5. The summed E-state index contributed by atoms with van der Waals surface area (Å²) < 4.78 is 16.3. The van der Waals surface area contributed by atoms with E-state index < -0.39 is 0 Å². The molecule has 8 heteroatoms. The molecular formula is C24H27N3O4S. The lowest BCUT2D eigenvalue weighted by atomic mass is 9.98. The number of nitrogens with one attached hydrogen (secondary N) is 1. The molecule has 0 radical (unpaired) electrons. The zero-order valence-corrected chi connectivity index (χ0v) is 19.3. The number of hydrogen-bond acceptors (Lipinski definition) is 7. The van der Waals surface area contributed by atoms with Crippen molar-refractivity contribution in [2.45, 2.75) is 26.4 Å². The summed E-state index contributed by atoms with van der Waals surface area (Å²) >= 11 is 1.44. The second kappa shape index (κ2) is 10.0. The van der Waals surface area contributed by atoms with Gasteiger partial charge >= 0.3 is 0 Å². The van der Waals surface area contributed by atoms with Crippen molar-refractivity contribution in [1.29, 1.82) is 0 Å². The van der Waals surface area contributed by atoms with Crippen LogP contribution in [0.3, 0.4) is 0 Å². The molecule has 2 aromatic carbocycles. The van der Waals surface area contributed by atoms with Crippen LogP contribution in [0.25, 0.3) is 0 Å². The van der Waals surface area contributed by atoms with Crippen LogP contribution in [0.5, 0.6) is 17.2 Å². The van der Waals surface area contributed by atoms with Crippen LogP contribution in [-0.4, -0.2) is 43.2 Å². The lowest BCUT2D eigenvalue weighted by Gasteiger charge is -2.29. The van der Waals surface area contributed by atoms with Crippen molar-refractivity contribution in [1.82, 2.24) is 9.88 Å². The number of rotatable bonds is 8. The molecule has 0 unspecified atom stereocenters. The molecule has 1 aliphatic rings. The largest absolute Gasteiger partial charge is 0.494 e. The predicted octanol–water partition coefficient (Wildman–Crippen LogP) is 4.37. The van der Waals surface area contributed by atoms with Crippen molar-refractivity contribution >= 4 is 22.4 Å². The van der Waals surface area contributed by atoms with E-state index in [1.165, 1.54) is 22.5 Å². The minimum atomic E-state index is -0.179. The van der Waals surface area contributed by atoms with Gasteiger partial charge in [0.05, 0.1) is 26.5 Å². The number of anilines is 1. The first-order chi connectivity index (χ1) is 15.6. The SMILES string of the molecule is CCOc1ccc(C(=O)Nc2nc(CN3CCc4cc(OC)c(OC)cc4C3)cs2)cc1. The topological polar surface area (TPSA) is 72.9 Å². The quantitative estimate of drug-likeness (QED) is 0.546. The van der Waals surface area contributed by atoms with E-state index in [1.54, 1.807) is 38.5 Å². The first-order valence-corrected chi connectivity index (χ1v) is 11.4. The number of methoxy groups -OCH3 is 2. The molecule has 168 valence electrons. The Kier molecular flexibility index (Phi) is 6.92. The summed E-state index contributed by atoms with van der Waals surface area (Å²) in [4.78, 5) is 19.5. The maximum Gasteiger partial charge on any atom is 0.257 e. The molecule has 7 nitrogen and oxygen atoms in total. The molecule has 0 atom stereocenters. The molecule has 1 N–H and O–H groups in total. The van der Waals surface area contributed by atoms with E-state index in [0.29, 0.717) is 17.3 Å². The van der Waals surface area contributed by atoms with E-state index in [1.807, 2.05) is 12.3 Å². The lowest BCUT2D eigenvalue weighted by molar-refractivity contribution is 0.102. The standard InChI is InChI=1S/C24H27N3O4S/c1-4-31-20-7-5-16(6-8-20)23(28)26-24-25-19(15-32-24)14-27-10-9-17-11-21(29-2)22(30-3)12-18(17)13-27/h5-8,11-12,15H,4,9-10,13-14H2,1-3H3,(H,25,26,28). The second-order valence-corrected chi connectivity index (χ2v) is 8.35. The highest BCUT2D eigenvalue weighted by Crippen LogP contribution is 2.33. The Balaban J connectivity index is 1.37. The summed E-state index contributed by atoms with van der Waals surface area (Å²) in [5.74, 6) is 2.09. The molecule has 1 aromatic heterocycles. The number of ether oxygens (including phenoxy) is 3. The molecular weight excluding hydrogens is 426 g/mol. The van der Waals surface area contributed by atoms with E-state index in [0.717, 1.165) is 49.0 Å². The van der Waals surface area contributed by atoms with E-state index in [9.17, 15) is 4.79 Å². The Morgan fingerprint density at radius 1 is 1.12 bits per heavy atom. The summed E-state index contributed by atoms with van der Waals surface area (Å²) in [7, 11) is 3.32. The molecule has 0 bridgehead atoms. The van der Waals surface area contributed by atoms with Crippen LogP contribution in [0.1, 0.15) is 34.1 Å². The minimum Gasteiger partial charge on any atom is -0.494 e. The van der Waals surface area contributed by atoms with Gasteiger partial charge in [0.1, 0.15) is 5.75 Å². The molecule has 32 heavy (non-hydrogen) atoms. The van der Waals surface area contributed by atoms with Gasteiger partial charge < -0.3 is 14.2 Å². The van der Waals surface area contributed by atoms with Crippen molar-refractivity contribution in [3.05, 3.63) is 64.2 Å². The number of carbonyl (C=O) groups is 1. The molecule has 0 saturated carbocycles. The van der Waals surface area contributed by atoms with Gasteiger partial charge in [0.25, 0.3) is 5.91 Å². The van der Waals surface area contributed by atoms with Crippen LogP contribution in [0.4, 0.5) is 5.13 Å². The number of aromatic nitrogens is 1. The molecule has 0 aliphatic carbocycles. The summed E-state index contributed by atoms with van der Waals surface area (Å²) in [5.41, 5.74) is 4.05. The van der Waals surface area contributed by atoms with E-state index >= 15 is 0 Å². The molecule has 2 heterocycles. The Morgan fingerprint density at radius 2 is 1.84 bits per heavy atom. The molecule has 1 aliphatic heterocycles. The summed E-state index contributed by atoms with van der Waals surface area (Å²) in [6.45, 7) is 5.01. The van der Waals surface area contributed by atoms with Crippen LogP contribution >= 0.6 is 11.3 Å². The number of hydrogen-bond donors (Lipinski definition) is 1. The first kappa shape index (κ1) is 22.1. The number of carbonyl (C=O) groups excluding carboxylic acids is 1. The van der Waals surface area contributed by atoms with Crippen LogP contribution < -0.4 is 19.5 Å². The van der Waals surface area contributed by atoms with Crippen LogP contribution in [0.15, 0.2) is 41.8 Å². The van der Waals surface area contributed by atoms with Crippen LogP contribution in [-0.2, 0) is 19.5 Å². The number of thiazole rings is 1. The Hall–Kier alpha value is -3.10. The smallest absolute Gasteiger partial charge is 0.257 e. The third kappa shape index (κ3) is 5.03. The number of fused-ring (bicyclic) bond motifs is 1. The zero-order chi connectivity index (χ0) is 22.5. The van der Waals surface area contributed by atoms with Crippen molar-refractivity contribution in [2.75, 3.05) is 32.7 Å². The molecule has 1 amide bonds. The van der Waals surface area contributed by atoms with Crippen molar-refractivity contribution in [2.24, 2.45) is 0 Å². The van der Waals surface area contributed by atoms with Crippen LogP contribution in [0.2, 0.25) is 0 Å². The average molecular weight is 454 g/mol. The van der Waals surface area contributed by atoms with Gasteiger partial charge in [0.15, 0.2) is 16.6 Å². The Bertz CT molecular complexity index is 1080. The van der Waals surface area contributed by atoms with E-state index in [-0.39, 0.29) is 5.91 Å². The normalized spacial score (nSPS) is 13.3. The zero-order valence-electron chi connectivity index (χ0n) is 18.5. The van der Waals surface area contributed by atoms with E-state index in [2.05, 4.69) is 27.3 Å². The van der Waals surface area contributed by atoms with Crippen molar-refractivity contribution in [3.8, 4) is 17.2 Å². The van der Waals surface area contributed by atoms with E-state index in [4.69, 9.17) is 14.2 Å². The fourth-order valence-electron chi connectivity index (χ4n) is 3.78. The molecule has 0 spiro atoms. The van der Waals surface area contributed by atoms with Gasteiger partial charge in [-0.05, 0) is 60.9 Å². The Labute approximate surface area is 191 Å². The highest BCUT2D eigenvalue weighted by Gasteiger charge is 2.20. The lowest BCUT2D eigenvalue weighted by Crippen LogP contribution is -2.30. The highest BCUT2D eigenvalue weighted by atomic mass is 32.1. The average Bonchev–Trinajstić information content (AvgIpc) is 3.25. The number of amides is 1. The van der Waals surface area contributed by atoms with Gasteiger partial charge in [-0.25, -0.2) is 4.98 Å². The fourth-order valence-corrected chi connectivity index (χ4v) is 4.48. The monoisotopic (exact) mass is 453 g/mol. The summed E-state index contributed by atoms with van der Waals surface area (Å²) in [6, 6.07) is 11.2. The van der Waals surface area contributed by atoms with Crippen LogP contribution in [0, 0.1) is 0 Å². The van der Waals surface area contributed by atoms with Gasteiger partial charge in [0.2, 0.25) is 0 Å². The maximum atomic E-state index is 12.5.